The number of piperidine rings is 1. The van der Waals surface area contributed by atoms with Crippen LogP contribution in [0.3, 0.4) is 0 Å². The minimum absolute atomic E-state index is 0.00636. The van der Waals surface area contributed by atoms with Crippen LogP contribution in [0.4, 0.5) is 0 Å². The molecule has 0 radical (unpaired) electrons. The number of amides is 2. The number of benzene rings is 2. The molecule has 6 nitrogen and oxygen atoms in total. The molecule has 6 heteroatoms. The number of rotatable bonds is 5. The van der Waals surface area contributed by atoms with Gasteiger partial charge in [0.05, 0.1) is 0 Å². The first kappa shape index (κ1) is 21.1. The summed E-state index contributed by atoms with van der Waals surface area (Å²) in [6, 6.07) is 13.6. The summed E-state index contributed by atoms with van der Waals surface area (Å²) in [6.07, 6.45) is 2.23. The zero-order valence-electron chi connectivity index (χ0n) is 18.4. The lowest BCUT2D eigenvalue weighted by Gasteiger charge is -2.32. The average Bonchev–Trinajstić information content (AvgIpc) is 3.17. The number of aryl methyl sites for hydroxylation is 1. The molecular weight excluding hydrogens is 390 g/mol. The zero-order chi connectivity index (χ0) is 22.0. The topological polar surface area (TPSA) is 75.4 Å². The average molecular weight is 420 g/mol. The quantitative estimate of drug-likeness (QED) is 0.657. The SMILES string of the molecule is Cc1ccc(-c2nc3cc(C(=O)N4CCC(CC(=O)NC(C)C)CC4)ccc3o2)cc1. The number of carbonyl (C=O) groups excluding carboxylic acids is 2. The first-order valence-electron chi connectivity index (χ1n) is 11.0. The molecule has 0 unspecified atom stereocenters. The van der Waals surface area contributed by atoms with Crippen molar-refractivity contribution in [3.05, 3.63) is 53.6 Å². The van der Waals surface area contributed by atoms with Crippen LogP contribution in [0.1, 0.15) is 49.0 Å². The lowest BCUT2D eigenvalue weighted by molar-refractivity contribution is -0.122. The number of oxazole rings is 1. The van der Waals surface area contributed by atoms with Gasteiger partial charge in [-0.25, -0.2) is 4.98 Å². The molecule has 4 rings (SSSR count). The fourth-order valence-corrected chi connectivity index (χ4v) is 4.05. The van der Waals surface area contributed by atoms with Gasteiger partial charge in [0.1, 0.15) is 5.52 Å². The number of likely N-dealkylation sites (tertiary alicyclic amines) is 1. The van der Waals surface area contributed by atoms with Gasteiger partial charge in [-0.2, -0.15) is 0 Å². The van der Waals surface area contributed by atoms with Gasteiger partial charge < -0.3 is 14.6 Å². The Hall–Kier alpha value is -3.15. The van der Waals surface area contributed by atoms with E-state index in [1.54, 1.807) is 12.1 Å². The molecule has 2 heterocycles. The third kappa shape index (κ3) is 4.95. The van der Waals surface area contributed by atoms with Crippen LogP contribution in [-0.2, 0) is 4.79 Å². The van der Waals surface area contributed by atoms with Crippen molar-refractivity contribution in [1.29, 1.82) is 0 Å². The van der Waals surface area contributed by atoms with Crippen LogP contribution < -0.4 is 5.32 Å². The summed E-state index contributed by atoms with van der Waals surface area (Å²) >= 11 is 0. The maximum Gasteiger partial charge on any atom is 0.253 e. The molecule has 3 aromatic rings. The number of fused-ring (bicyclic) bond motifs is 1. The van der Waals surface area contributed by atoms with Gasteiger partial charge in [0, 0.05) is 36.7 Å². The highest BCUT2D eigenvalue weighted by molar-refractivity contribution is 5.97. The van der Waals surface area contributed by atoms with Crippen LogP contribution in [0.2, 0.25) is 0 Å². The molecule has 2 aromatic carbocycles. The lowest BCUT2D eigenvalue weighted by atomic mass is 9.92. The monoisotopic (exact) mass is 419 g/mol. The van der Waals surface area contributed by atoms with E-state index in [0.29, 0.717) is 48.0 Å². The third-order valence-electron chi connectivity index (χ3n) is 5.76. The van der Waals surface area contributed by atoms with E-state index >= 15 is 0 Å². The van der Waals surface area contributed by atoms with Crippen molar-refractivity contribution in [2.75, 3.05) is 13.1 Å². The highest BCUT2D eigenvalue weighted by Gasteiger charge is 2.25. The second kappa shape index (κ2) is 8.92. The first-order chi connectivity index (χ1) is 14.9. The molecule has 2 amide bonds. The number of nitrogens with zero attached hydrogens (tertiary/aromatic N) is 2. The number of aromatic nitrogens is 1. The Kier molecular flexibility index (Phi) is 6.07. The summed E-state index contributed by atoms with van der Waals surface area (Å²) in [5.41, 5.74) is 4.06. The molecule has 0 aliphatic carbocycles. The predicted molar refractivity (Wildman–Crippen MR) is 121 cm³/mol. The maximum atomic E-state index is 13.0. The molecule has 1 saturated heterocycles. The van der Waals surface area contributed by atoms with Crippen molar-refractivity contribution < 1.29 is 14.0 Å². The smallest absolute Gasteiger partial charge is 0.253 e. The first-order valence-corrected chi connectivity index (χ1v) is 11.0. The second-order valence-electron chi connectivity index (χ2n) is 8.73. The van der Waals surface area contributed by atoms with E-state index in [1.165, 1.54) is 5.56 Å². The van der Waals surface area contributed by atoms with Gasteiger partial charge in [-0.1, -0.05) is 17.7 Å². The summed E-state index contributed by atoms with van der Waals surface area (Å²) in [4.78, 5) is 31.5. The number of hydrogen-bond acceptors (Lipinski definition) is 4. The van der Waals surface area contributed by atoms with Crippen LogP contribution in [0.5, 0.6) is 0 Å². The van der Waals surface area contributed by atoms with Gasteiger partial charge in [0.2, 0.25) is 11.8 Å². The minimum atomic E-state index is 0.00636. The molecule has 0 spiro atoms. The summed E-state index contributed by atoms with van der Waals surface area (Å²) < 4.78 is 5.88. The van der Waals surface area contributed by atoms with Crippen LogP contribution in [0, 0.1) is 12.8 Å². The highest BCUT2D eigenvalue weighted by Crippen LogP contribution is 2.27. The van der Waals surface area contributed by atoms with E-state index in [4.69, 9.17) is 4.42 Å². The second-order valence-corrected chi connectivity index (χ2v) is 8.73. The van der Waals surface area contributed by atoms with Gasteiger partial charge in [0.15, 0.2) is 5.58 Å². The van der Waals surface area contributed by atoms with Crippen molar-refractivity contribution in [3.8, 4) is 11.5 Å². The number of carbonyl (C=O) groups is 2. The lowest BCUT2D eigenvalue weighted by Crippen LogP contribution is -2.40. The summed E-state index contributed by atoms with van der Waals surface area (Å²) in [5.74, 6) is 0.991. The van der Waals surface area contributed by atoms with E-state index in [-0.39, 0.29) is 17.9 Å². The Morgan fingerprint density at radius 3 is 2.52 bits per heavy atom. The molecule has 1 aliphatic rings. The molecular formula is C25H29N3O3. The molecule has 1 fully saturated rings. The van der Waals surface area contributed by atoms with Gasteiger partial charge in [-0.15, -0.1) is 0 Å². The Morgan fingerprint density at radius 1 is 1.13 bits per heavy atom. The standard InChI is InChI=1S/C25H29N3O3/c1-16(2)26-23(29)14-18-10-12-28(13-11-18)25(30)20-8-9-22-21(15-20)27-24(31-22)19-6-4-17(3)5-7-19/h4-9,15-16,18H,10-14H2,1-3H3,(H,26,29). The fraction of sp³-hybridized carbons (Fsp3) is 0.400. The molecule has 31 heavy (non-hydrogen) atoms. The molecule has 0 atom stereocenters. The molecule has 1 N–H and O–H groups in total. The van der Waals surface area contributed by atoms with E-state index < -0.39 is 0 Å². The highest BCUT2D eigenvalue weighted by atomic mass is 16.3. The molecule has 162 valence electrons. The van der Waals surface area contributed by atoms with Gasteiger partial charge >= 0.3 is 0 Å². The van der Waals surface area contributed by atoms with Crippen molar-refractivity contribution in [2.24, 2.45) is 5.92 Å². The Balaban J connectivity index is 1.41. The summed E-state index contributed by atoms with van der Waals surface area (Å²) in [7, 11) is 0. The fourth-order valence-electron chi connectivity index (χ4n) is 4.05. The molecule has 1 aliphatic heterocycles. The van der Waals surface area contributed by atoms with Crippen molar-refractivity contribution in [1.82, 2.24) is 15.2 Å². The van der Waals surface area contributed by atoms with E-state index in [9.17, 15) is 9.59 Å². The summed E-state index contributed by atoms with van der Waals surface area (Å²) in [5, 5.41) is 2.95. The van der Waals surface area contributed by atoms with Crippen molar-refractivity contribution >= 4 is 22.9 Å². The van der Waals surface area contributed by atoms with Crippen LogP contribution in [-0.4, -0.2) is 40.8 Å². The predicted octanol–water partition coefficient (Wildman–Crippen LogP) is 4.57. The largest absolute Gasteiger partial charge is 0.436 e. The van der Waals surface area contributed by atoms with E-state index in [1.807, 2.05) is 56.0 Å². The minimum Gasteiger partial charge on any atom is -0.436 e. The van der Waals surface area contributed by atoms with Crippen molar-refractivity contribution in [3.63, 3.8) is 0 Å². The van der Waals surface area contributed by atoms with Crippen molar-refractivity contribution in [2.45, 2.75) is 46.1 Å². The zero-order valence-corrected chi connectivity index (χ0v) is 18.4. The third-order valence-corrected chi connectivity index (χ3v) is 5.76. The number of nitrogens with one attached hydrogen (secondary N) is 1. The molecule has 0 bridgehead atoms. The van der Waals surface area contributed by atoms with Crippen LogP contribution in [0.25, 0.3) is 22.6 Å². The Bertz CT molecular complexity index is 1080. The van der Waals surface area contributed by atoms with Gasteiger partial charge in [-0.05, 0) is 69.9 Å². The van der Waals surface area contributed by atoms with E-state index in [0.717, 1.165) is 18.4 Å². The number of hydrogen-bond donors (Lipinski definition) is 1. The normalized spacial score (nSPS) is 14.9. The Labute approximate surface area is 182 Å². The summed E-state index contributed by atoms with van der Waals surface area (Å²) in [6.45, 7) is 7.31. The van der Waals surface area contributed by atoms with Crippen LogP contribution >= 0.6 is 0 Å². The van der Waals surface area contributed by atoms with E-state index in [2.05, 4.69) is 10.3 Å². The van der Waals surface area contributed by atoms with Crippen LogP contribution in [0.15, 0.2) is 46.9 Å². The van der Waals surface area contributed by atoms with Gasteiger partial charge in [0.25, 0.3) is 5.91 Å². The van der Waals surface area contributed by atoms with Gasteiger partial charge in [-0.3, -0.25) is 9.59 Å². The molecule has 1 aromatic heterocycles. The molecule has 0 saturated carbocycles. The Morgan fingerprint density at radius 2 is 1.84 bits per heavy atom. The maximum absolute atomic E-state index is 13.0.